The first-order chi connectivity index (χ1) is 2.89. The van der Waals surface area contributed by atoms with Crippen LogP contribution in [-0.2, 0) is 0 Å². The zero-order valence-corrected chi connectivity index (χ0v) is 4.17. The summed E-state index contributed by atoms with van der Waals surface area (Å²) < 4.78 is 0. The molecule has 0 aromatic heterocycles. The molecule has 2 N–H and O–H groups in total. The van der Waals surface area contributed by atoms with Gasteiger partial charge in [0.05, 0.1) is 0 Å². The Kier molecular flexibility index (Phi) is 2.39. The minimum absolute atomic E-state index is 0. The topological polar surface area (TPSA) is 75.5 Å². The molecule has 0 spiro atoms. The van der Waals surface area contributed by atoms with Crippen molar-refractivity contribution in [3.8, 4) is 0 Å². The highest BCUT2D eigenvalue weighted by molar-refractivity contribution is 5.85. The highest BCUT2D eigenvalue weighted by Gasteiger charge is 1.96. The minimum Gasteiger partial charge on any atom is -0.288 e. The summed E-state index contributed by atoms with van der Waals surface area (Å²) in [4.78, 5) is 0. The molecule has 1 aliphatic rings. The molecule has 0 unspecified atom stereocenters. The van der Waals surface area contributed by atoms with Crippen molar-refractivity contribution in [2.75, 3.05) is 0 Å². The SMILES string of the molecule is Cl.NC1N=NN=N1. The van der Waals surface area contributed by atoms with Gasteiger partial charge in [0.1, 0.15) is 0 Å². The molecule has 7 heavy (non-hydrogen) atoms. The fraction of sp³-hybridized carbons (Fsp3) is 1.00. The molecule has 40 valence electrons. The first-order valence-electron chi connectivity index (χ1n) is 1.45. The van der Waals surface area contributed by atoms with E-state index >= 15 is 0 Å². The smallest absolute Gasteiger partial charge is 0.234 e. The first kappa shape index (κ1) is 6.45. The quantitative estimate of drug-likeness (QED) is 0.497. The van der Waals surface area contributed by atoms with Gasteiger partial charge >= 0.3 is 0 Å². The lowest BCUT2D eigenvalue weighted by molar-refractivity contribution is 0.742. The number of rotatable bonds is 0. The summed E-state index contributed by atoms with van der Waals surface area (Å²) >= 11 is 0. The van der Waals surface area contributed by atoms with Crippen LogP contribution in [0.15, 0.2) is 20.7 Å². The van der Waals surface area contributed by atoms with E-state index in [1.807, 2.05) is 0 Å². The van der Waals surface area contributed by atoms with Gasteiger partial charge in [-0.15, -0.1) is 22.6 Å². The van der Waals surface area contributed by atoms with E-state index in [9.17, 15) is 0 Å². The lowest BCUT2D eigenvalue weighted by Gasteiger charge is -1.78. The lowest BCUT2D eigenvalue weighted by atomic mass is 11.0. The average Bonchev–Trinajstić information content (AvgIpc) is 1.86. The second kappa shape index (κ2) is 2.59. The molecule has 0 bridgehead atoms. The van der Waals surface area contributed by atoms with Crippen LogP contribution in [0.3, 0.4) is 0 Å². The number of nitrogens with two attached hydrogens (primary N) is 1. The van der Waals surface area contributed by atoms with Crippen molar-refractivity contribution in [1.29, 1.82) is 0 Å². The van der Waals surface area contributed by atoms with Gasteiger partial charge in [0, 0.05) is 0 Å². The fourth-order valence-corrected chi connectivity index (χ4v) is 0.175. The van der Waals surface area contributed by atoms with Crippen molar-refractivity contribution in [2.45, 2.75) is 6.29 Å². The van der Waals surface area contributed by atoms with Crippen molar-refractivity contribution in [3.05, 3.63) is 0 Å². The number of halogens is 1. The maximum Gasteiger partial charge on any atom is 0.234 e. The van der Waals surface area contributed by atoms with Crippen molar-refractivity contribution < 1.29 is 0 Å². The second-order valence-corrected chi connectivity index (χ2v) is 0.823. The Morgan fingerprint density at radius 2 is 1.57 bits per heavy atom. The van der Waals surface area contributed by atoms with E-state index in [1.165, 1.54) is 0 Å². The van der Waals surface area contributed by atoms with Crippen LogP contribution in [0.4, 0.5) is 0 Å². The third kappa shape index (κ3) is 1.56. The van der Waals surface area contributed by atoms with Gasteiger partial charge in [-0.2, -0.15) is 0 Å². The van der Waals surface area contributed by atoms with Crippen molar-refractivity contribution in [2.24, 2.45) is 26.4 Å². The Bertz CT molecular complexity index is 84.3. The number of nitrogens with zero attached hydrogens (tertiary/aromatic N) is 4. The predicted molar refractivity (Wildman–Crippen MR) is 24.9 cm³/mol. The van der Waals surface area contributed by atoms with Crippen molar-refractivity contribution in [1.82, 2.24) is 0 Å². The molecule has 0 saturated heterocycles. The molecule has 0 aromatic carbocycles. The summed E-state index contributed by atoms with van der Waals surface area (Å²) in [5.74, 6) is 0. The summed E-state index contributed by atoms with van der Waals surface area (Å²) in [5.41, 5.74) is 5.01. The van der Waals surface area contributed by atoms with Crippen molar-refractivity contribution >= 4 is 12.4 Å². The van der Waals surface area contributed by atoms with E-state index in [0.29, 0.717) is 0 Å². The highest BCUT2D eigenvalue weighted by Crippen LogP contribution is 1.95. The number of hydrogen-bond donors (Lipinski definition) is 1. The van der Waals surface area contributed by atoms with E-state index in [2.05, 4.69) is 20.7 Å². The fourth-order valence-electron chi connectivity index (χ4n) is 0.175. The van der Waals surface area contributed by atoms with Crippen LogP contribution in [0.25, 0.3) is 0 Å². The largest absolute Gasteiger partial charge is 0.288 e. The Balaban J connectivity index is 0.000000360. The van der Waals surface area contributed by atoms with E-state index in [1.54, 1.807) is 0 Å². The van der Waals surface area contributed by atoms with Gasteiger partial charge in [-0.25, -0.2) is 0 Å². The molecule has 0 aromatic rings. The van der Waals surface area contributed by atoms with E-state index in [0.717, 1.165) is 0 Å². The van der Waals surface area contributed by atoms with Crippen LogP contribution < -0.4 is 5.73 Å². The van der Waals surface area contributed by atoms with Crippen LogP contribution in [-0.4, -0.2) is 6.29 Å². The minimum atomic E-state index is -0.537. The van der Waals surface area contributed by atoms with Crippen LogP contribution in [0.5, 0.6) is 0 Å². The monoisotopic (exact) mass is 121 g/mol. The van der Waals surface area contributed by atoms with Gasteiger partial charge in [-0.05, 0) is 10.4 Å². The molecule has 0 fully saturated rings. The standard InChI is InChI=1S/CH3N5.ClH/c2-1-3-5-6-4-1;/h1H,2H2;1H. The Morgan fingerprint density at radius 3 is 1.71 bits per heavy atom. The summed E-state index contributed by atoms with van der Waals surface area (Å²) in [5, 5.41) is 12.9. The Morgan fingerprint density at radius 1 is 1.14 bits per heavy atom. The molecule has 0 saturated carbocycles. The zero-order chi connectivity index (χ0) is 4.41. The predicted octanol–water partition coefficient (Wildman–Crippen LogP) is 0.484. The van der Waals surface area contributed by atoms with E-state index in [-0.39, 0.29) is 12.4 Å². The third-order valence-corrected chi connectivity index (χ3v) is 0.380. The second-order valence-electron chi connectivity index (χ2n) is 0.823. The summed E-state index contributed by atoms with van der Waals surface area (Å²) in [6, 6.07) is 0. The molecule has 1 aliphatic heterocycles. The summed E-state index contributed by atoms with van der Waals surface area (Å²) in [6.45, 7) is 0. The number of hydrogen-bond acceptors (Lipinski definition) is 5. The molecular formula is CH4ClN5. The van der Waals surface area contributed by atoms with Gasteiger partial charge in [0.15, 0.2) is 0 Å². The Hall–Kier alpha value is -0.550. The Labute approximate surface area is 46.1 Å². The van der Waals surface area contributed by atoms with Crippen molar-refractivity contribution in [3.63, 3.8) is 0 Å². The molecule has 0 atom stereocenters. The van der Waals surface area contributed by atoms with Crippen LogP contribution >= 0.6 is 12.4 Å². The third-order valence-electron chi connectivity index (χ3n) is 0.380. The van der Waals surface area contributed by atoms with Gasteiger partial charge in [0.2, 0.25) is 6.29 Å². The molecule has 1 heterocycles. The molecule has 0 amide bonds. The van der Waals surface area contributed by atoms with Crippen LogP contribution in [0.2, 0.25) is 0 Å². The molecule has 0 aliphatic carbocycles. The lowest BCUT2D eigenvalue weighted by Crippen LogP contribution is -2.09. The van der Waals surface area contributed by atoms with E-state index in [4.69, 9.17) is 5.73 Å². The molecule has 6 heteroatoms. The van der Waals surface area contributed by atoms with Gasteiger partial charge in [-0.3, -0.25) is 5.73 Å². The van der Waals surface area contributed by atoms with E-state index < -0.39 is 6.29 Å². The normalized spacial score (nSPS) is 17.3. The molecule has 1 rings (SSSR count). The summed E-state index contributed by atoms with van der Waals surface area (Å²) in [6.07, 6.45) is -0.537. The van der Waals surface area contributed by atoms with Gasteiger partial charge in [-0.1, -0.05) is 0 Å². The first-order valence-corrected chi connectivity index (χ1v) is 1.45. The van der Waals surface area contributed by atoms with Crippen LogP contribution in [0.1, 0.15) is 0 Å². The van der Waals surface area contributed by atoms with Gasteiger partial charge in [0.25, 0.3) is 0 Å². The van der Waals surface area contributed by atoms with Gasteiger partial charge < -0.3 is 0 Å². The zero-order valence-electron chi connectivity index (χ0n) is 3.35. The summed E-state index contributed by atoms with van der Waals surface area (Å²) in [7, 11) is 0. The average molecular weight is 122 g/mol. The molecule has 5 nitrogen and oxygen atoms in total. The highest BCUT2D eigenvalue weighted by atomic mass is 35.5. The molecule has 0 radical (unpaired) electrons. The van der Waals surface area contributed by atoms with Crippen LogP contribution in [0, 0.1) is 0 Å². The maximum atomic E-state index is 5.01. The molecular weight excluding hydrogens is 117 g/mol. The maximum absolute atomic E-state index is 5.01.